The molecule has 0 aromatic carbocycles. The van der Waals surface area contributed by atoms with E-state index in [1.165, 1.54) is 4.68 Å². The van der Waals surface area contributed by atoms with Crippen molar-refractivity contribution in [2.45, 2.75) is 46.5 Å². The third-order valence-electron chi connectivity index (χ3n) is 2.32. The molecule has 0 saturated carbocycles. The van der Waals surface area contributed by atoms with Crippen LogP contribution in [0.2, 0.25) is 0 Å². The molecule has 0 aliphatic rings. The first-order chi connectivity index (χ1) is 7.21. The van der Waals surface area contributed by atoms with Gasteiger partial charge in [0, 0.05) is 17.9 Å². The zero-order valence-corrected chi connectivity index (χ0v) is 10.7. The van der Waals surface area contributed by atoms with E-state index in [0.717, 1.165) is 5.69 Å². The van der Waals surface area contributed by atoms with Crippen LogP contribution in [0.5, 0.6) is 0 Å². The highest BCUT2D eigenvalue weighted by Gasteiger charge is 2.21. The van der Waals surface area contributed by atoms with Crippen LogP contribution in [0.15, 0.2) is 6.07 Å². The Morgan fingerprint density at radius 2 is 2.06 bits per heavy atom. The summed E-state index contributed by atoms with van der Waals surface area (Å²) in [5.41, 5.74) is 6.56. The SMILES string of the molecule is CC(C)CC(=O)n1nc(C(C)(C)C)cc1N. The number of aromatic nitrogens is 2. The standard InChI is InChI=1S/C12H21N3O/c1-8(2)6-11(16)15-10(13)7-9(14-15)12(3,4)5/h7-8H,6,13H2,1-5H3. The molecule has 0 fully saturated rings. The molecule has 0 aliphatic heterocycles. The Bertz CT molecular complexity index is 385. The molecule has 16 heavy (non-hydrogen) atoms. The first-order valence-corrected chi connectivity index (χ1v) is 5.61. The average Bonchev–Trinajstić information content (AvgIpc) is 2.44. The third-order valence-corrected chi connectivity index (χ3v) is 2.32. The molecule has 90 valence electrons. The Morgan fingerprint density at radius 1 is 1.50 bits per heavy atom. The van der Waals surface area contributed by atoms with Crippen LogP contribution >= 0.6 is 0 Å². The van der Waals surface area contributed by atoms with Gasteiger partial charge in [0.2, 0.25) is 5.91 Å². The molecule has 1 rings (SSSR count). The summed E-state index contributed by atoms with van der Waals surface area (Å²) in [5, 5.41) is 4.28. The first-order valence-electron chi connectivity index (χ1n) is 5.61. The smallest absolute Gasteiger partial charge is 0.249 e. The molecule has 0 aliphatic carbocycles. The fraction of sp³-hybridized carbons (Fsp3) is 0.667. The topological polar surface area (TPSA) is 60.9 Å². The normalized spacial score (nSPS) is 12.1. The fourth-order valence-corrected chi connectivity index (χ4v) is 1.40. The maximum Gasteiger partial charge on any atom is 0.249 e. The highest BCUT2D eigenvalue weighted by atomic mass is 16.2. The molecule has 4 heteroatoms. The zero-order chi connectivity index (χ0) is 12.5. The van der Waals surface area contributed by atoms with E-state index in [9.17, 15) is 4.79 Å². The number of nitrogens with two attached hydrogens (primary N) is 1. The molecule has 2 N–H and O–H groups in total. The first kappa shape index (κ1) is 12.7. The summed E-state index contributed by atoms with van der Waals surface area (Å²) in [7, 11) is 0. The molecular weight excluding hydrogens is 202 g/mol. The van der Waals surface area contributed by atoms with Crippen LogP contribution in [-0.2, 0) is 5.41 Å². The summed E-state index contributed by atoms with van der Waals surface area (Å²) in [4.78, 5) is 11.8. The van der Waals surface area contributed by atoms with E-state index in [0.29, 0.717) is 18.2 Å². The monoisotopic (exact) mass is 223 g/mol. The number of carbonyl (C=O) groups is 1. The minimum atomic E-state index is -0.0858. The Hall–Kier alpha value is -1.32. The molecule has 4 nitrogen and oxygen atoms in total. The molecule has 1 aromatic heterocycles. The predicted molar refractivity (Wildman–Crippen MR) is 65.4 cm³/mol. The minimum Gasteiger partial charge on any atom is -0.383 e. The van der Waals surface area contributed by atoms with E-state index in [4.69, 9.17) is 5.73 Å². The summed E-state index contributed by atoms with van der Waals surface area (Å²) in [6.07, 6.45) is 0.468. The molecule has 0 saturated heterocycles. The minimum absolute atomic E-state index is 0.0389. The van der Waals surface area contributed by atoms with Crippen molar-refractivity contribution in [3.05, 3.63) is 11.8 Å². The Balaban J connectivity index is 2.99. The highest BCUT2D eigenvalue weighted by molar-refractivity contribution is 5.81. The van der Waals surface area contributed by atoms with Gasteiger partial charge in [-0.2, -0.15) is 9.78 Å². The summed E-state index contributed by atoms with van der Waals surface area (Å²) in [6, 6.07) is 1.78. The van der Waals surface area contributed by atoms with Gasteiger partial charge in [-0.05, 0) is 5.92 Å². The van der Waals surface area contributed by atoms with E-state index in [-0.39, 0.29) is 11.3 Å². The number of nitrogen functional groups attached to an aromatic ring is 1. The largest absolute Gasteiger partial charge is 0.383 e. The second-order valence-corrected chi connectivity index (χ2v) is 5.61. The maximum absolute atomic E-state index is 11.8. The van der Waals surface area contributed by atoms with Crippen LogP contribution < -0.4 is 5.73 Å². The highest BCUT2D eigenvalue weighted by Crippen LogP contribution is 2.22. The molecule has 0 amide bonds. The van der Waals surface area contributed by atoms with Gasteiger partial charge in [0.1, 0.15) is 5.82 Å². The second-order valence-electron chi connectivity index (χ2n) is 5.61. The second kappa shape index (κ2) is 4.28. The van der Waals surface area contributed by atoms with Crippen LogP contribution in [0.4, 0.5) is 5.82 Å². The lowest BCUT2D eigenvalue weighted by Gasteiger charge is -2.14. The summed E-state index contributed by atoms with van der Waals surface area (Å²) in [6.45, 7) is 10.1. The lowest BCUT2D eigenvalue weighted by atomic mass is 9.92. The van der Waals surface area contributed by atoms with Gasteiger partial charge in [-0.25, -0.2) is 0 Å². The van der Waals surface area contributed by atoms with Gasteiger partial charge in [0.05, 0.1) is 5.69 Å². The van der Waals surface area contributed by atoms with Gasteiger partial charge < -0.3 is 5.73 Å². The van der Waals surface area contributed by atoms with Crippen LogP contribution in [0.3, 0.4) is 0 Å². The molecule has 0 radical (unpaired) electrons. The van der Waals surface area contributed by atoms with E-state index >= 15 is 0 Å². The molecule has 1 heterocycles. The quantitative estimate of drug-likeness (QED) is 0.837. The zero-order valence-electron chi connectivity index (χ0n) is 10.7. The molecule has 0 atom stereocenters. The lowest BCUT2D eigenvalue weighted by Crippen LogP contribution is -2.18. The third kappa shape index (κ3) is 2.84. The van der Waals surface area contributed by atoms with Crippen molar-refractivity contribution in [3.63, 3.8) is 0 Å². The number of hydrogen-bond donors (Lipinski definition) is 1. The van der Waals surface area contributed by atoms with Crippen LogP contribution in [0.1, 0.15) is 51.5 Å². The van der Waals surface area contributed by atoms with Crippen LogP contribution in [0, 0.1) is 5.92 Å². The number of nitrogens with zero attached hydrogens (tertiary/aromatic N) is 2. The number of rotatable bonds is 2. The number of anilines is 1. The van der Waals surface area contributed by atoms with Crippen molar-refractivity contribution < 1.29 is 4.79 Å². The van der Waals surface area contributed by atoms with Crippen molar-refractivity contribution >= 4 is 11.7 Å². The van der Waals surface area contributed by atoms with Gasteiger partial charge in [-0.15, -0.1) is 0 Å². The van der Waals surface area contributed by atoms with Gasteiger partial charge in [0.15, 0.2) is 0 Å². The average molecular weight is 223 g/mol. The van der Waals surface area contributed by atoms with Gasteiger partial charge in [-0.3, -0.25) is 4.79 Å². The van der Waals surface area contributed by atoms with E-state index in [2.05, 4.69) is 5.10 Å². The van der Waals surface area contributed by atoms with Crippen molar-refractivity contribution in [2.24, 2.45) is 5.92 Å². The van der Waals surface area contributed by atoms with Crippen molar-refractivity contribution in [2.75, 3.05) is 5.73 Å². The van der Waals surface area contributed by atoms with E-state index in [1.54, 1.807) is 6.07 Å². The Kier molecular flexibility index (Phi) is 3.41. The molecule has 0 bridgehead atoms. The van der Waals surface area contributed by atoms with E-state index in [1.807, 2.05) is 34.6 Å². The molecular formula is C12H21N3O. The fourth-order valence-electron chi connectivity index (χ4n) is 1.40. The molecule has 0 unspecified atom stereocenters. The summed E-state index contributed by atoms with van der Waals surface area (Å²) in [5.74, 6) is 0.702. The lowest BCUT2D eigenvalue weighted by molar-refractivity contribution is 0.0873. The Labute approximate surface area is 96.8 Å². The van der Waals surface area contributed by atoms with Gasteiger partial charge >= 0.3 is 0 Å². The molecule has 1 aromatic rings. The summed E-state index contributed by atoms with van der Waals surface area (Å²) >= 11 is 0. The molecule has 0 spiro atoms. The number of carbonyl (C=O) groups excluding carboxylic acids is 1. The van der Waals surface area contributed by atoms with Gasteiger partial charge in [0.25, 0.3) is 0 Å². The van der Waals surface area contributed by atoms with Crippen molar-refractivity contribution in [1.82, 2.24) is 9.78 Å². The van der Waals surface area contributed by atoms with Gasteiger partial charge in [-0.1, -0.05) is 34.6 Å². The predicted octanol–water partition coefficient (Wildman–Crippen LogP) is 2.45. The van der Waals surface area contributed by atoms with Crippen LogP contribution in [0.25, 0.3) is 0 Å². The maximum atomic E-state index is 11.8. The Morgan fingerprint density at radius 3 is 2.44 bits per heavy atom. The van der Waals surface area contributed by atoms with Crippen molar-refractivity contribution in [3.8, 4) is 0 Å². The van der Waals surface area contributed by atoms with Crippen molar-refractivity contribution in [1.29, 1.82) is 0 Å². The summed E-state index contributed by atoms with van der Waals surface area (Å²) < 4.78 is 1.32. The van der Waals surface area contributed by atoms with E-state index < -0.39 is 0 Å². The number of hydrogen-bond acceptors (Lipinski definition) is 3. The van der Waals surface area contributed by atoms with Crippen LogP contribution in [-0.4, -0.2) is 15.7 Å².